The summed E-state index contributed by atoms with van der Waals surface area (Å²) in [5, 5.41) is 12.5. The monoisotopic (exact) mass is 489 g/mol. The molecule has 3 atom stereocenters. The summed E-state index contributed by atoms with van der Waals surface area (Å²) in [7, 11) is -8.08. The molecule has 1 aromatic rings. The summed E-state index contributed by atoms with van der Waals surface area (Å²) < 4.78 is 48.3. The van der Waals surface area contributed by atoms with E-state index in [-0.39, 0.29) is 11.8 Å². The van der Waals surface area contributed by atoms with Crippen LogP contribution in [-0.2, 0) is 23.7 Å². The lowest BCUT2D eigenvalue weighted by Crippen LogP contribution is -2.53. The molecule has 2 rings (SSSR count). The molecule has 0 amide bonds. The fourth-order valence-corrected chi connectivity index (χ4v) is 6.57. The zero-order valence-electron chi connectivity index (χ0n) is 19.9. The third-order valence-electron chi connectivity index (χ3n) is 6.19. The quantitative estimate of drug-likeness (QED) is 0.314. The van der Waals surface area contributed by atoms with Crippen molar-refractivity contribution < 1.29 is 31.6 Å². The van der Waals surface area contributed by atoms with Crippen LogP contribution >= 0.6 is 7.52 Å². The predicted octanol–water partition coefficient (Wildman–Crippen LogP) is 4.92. The Morgan fingerprint density at radius 2 is 1.78 bits per heavy atom. The van der Waals surface area contributed by atoms with E-state index >= 15 is 0 Å². The van der Waals surface area contributed by atoms with Gasteiger partial charge in [-0.05, 0) is 54.6 Å². The lowest BCUT2D eigenvalue weighted by atomic mass is 9.90. The number of hydrogen-bond acceptors (Lipinski definition) is 6. The van der Waals surface area contributed by atoms with Crippen LogP contribution in [0.4, 0.5) is 0 Å². The Balaban J connectivity index is 2.58. The summed E-state index contributed by atoms with van der Waals surface area (Å²) >= 11 is 0. The van der Waals surface area contributed by atoms with Crippen LogP contribution in [0.15, 0.2) is 18.2 Å². The van der Waals surface area contributed by atoms with Crippen LogP contribution in [-0.4, -0.2) is 37.6 Å². The highest BCUT2D eigenvalue weighted by Gasteiger charge is 2.45. The minimum Gasteiger partial charge on any atom is -0.480 e. The van der Waals surface area contributed by atoms with Crippen LogP contribution in [0.3, 0.4) is 0 Å². The maximum Gasteiger partial charge on any atom is 0.344 e. The molecular weight excluding hydrogens is 453 g/mol. The molecule has 0 aromatic heterocycles. The van der Waals surface area contributed by atoms with Crippen molar-refractivity contribution in [3.63, 3.8) is 0 Å². The number of para-hydroxylation sites is 1. The Bertz CT molecular complexity index is 988. The van der Waals surface area contributed by atoms with Crippen molar-refractivity contribution in [3.05, 3.63) is 29.3 Å². The molecule has 1 aromatic carbocycles. The summed E-state index contributed by atoms with van der Waals surface area (Å²) in [5.74, 6) is -0.592. The van der Waals surface area contributed by atoms with Gasteiger partial charge in [-0.1, -0.05) is 52.8 Å². The van der Waals surface area contributed by atoms with Crippen molar-refractivity contribution in [3.8, 4) is 5.75 Å². The van der Waals surface area contributed by atoms with Gasteiger partial charge in [-0.25, -0.2) is 5.09 Å². The average molecular weight is 490 g/mol. The van der Waals surface area contributed by atoms with Gasteiger partial charge in [0.2, 0.25) is 0 Å². The molecule has 1 saturated carbocycles. The van der Waals surface area contributed by atoms with Gasteiger partial charge in [0.1, 0.15) is 11.3 Å². The van der Waals surface area contributed by atoms with E-state index < -0.39 is 41.4 Å². The highest BCUT2D eigenvalue weighted by Crippen LogP contribution is 2.52. The first-order chi connectivity index (χ1) is 14.6. The van der Waals surface area contributed by atoms with Crippen molar-refractivity contribution in [2.45, 2.75) is 71.8 Å². The van der Waals surface area contributed by atoms with Crippen molar-refractivity contribution >= 4 is 23.6 Å². The van der Waals surface area contributed by atoms with E-state index in [1.54, 1.807) is 13.8 Å². The first kappa shape index (κ1) is 26.8. The second kappa shape index (κ2) is 9.84. The molecule has 32 heavy (non-hydrogen) atoms. The normalized spacial score (nSPS) is 19.4. The number of nitrogens with one attached hydrogen (secondary N) is 1. The van der Waals surface area contributed by atoms with Crippen LogP contribution in [0.2, 0.25) is 0 Å². The summed E-state index contributed by atoms with van der Waals surface area (Å²) in [6.45, 7) is 10.8. The molecular formula is C22H36NO7PS. The molecule has 0 heterocycles. The van der Waals surface area contributed by atoms with E-state index in [0.717, 1.165) is 30.2 Å². The van der Waals surface area contributed by atoms with Crippen LogP contribution in [0.25, 0.3) is 0 Å². The van der Waals surface area contributed by atoms with Crippen molar-refractivity contribution in [1.29, 1.82) is 0 Å². The summed E-state index contributed by atoms with van der Waals surface area (Å²) in [4.78, 5) is 12.0. The molecule has 1 aliphatic carbocycles. The van der Waals surface area contributed by atoms with E-state index in [9.17, 15) is 22.9 Å². The molecule has 10 heteroatoms. The van der Waals surface area contributed by atoms with Crippen LogP contribution in [0.5, 0.6) is 5.75 Å². The van der Waals surface area contributed by atoms with Crippen molar-refractivity contribution in [2.75, 3.05) is 12.6 Å². The topological polar surface area (TPSA) is 119 Å². The largest absolute Gasteiger partial charge is 0.480 e. The second-order valence-corrected chi connectivity index (χ2v) is 13.2. The fraction of sp³-hybridized carbons (Fsp3) is 0.682. The Labute approximate surface area is 191 Å². The molecule has 1 fully saturated rings. The van der Waals surface area contributed by atoms with Gasteiger partial charge < -0.3 is 9.63 Å². The Morgan fingerprint density at radius 3 is 2.22 bits per heavy atom. The van der Waals surface area contributed by atoms with E-state index in [2.05, 4.69) is 12.0 Å². The van der Waals surface area contributed by atoms with Crippen LogP contribution in [0.1, 0.15) is 77.3 Å². The summed E-state index contributed by atoms with van der Waals surface area (Å²) in [6, 6.07) is 5.73. The first-order valence-electron chi connectivity index (χ1n) is 10.9. The minimum atomic E-state index is -4.14. The molecule has 0 saturated heterocycles. The molecule has 8 nitrogen and oxygen atoms in total. The van der Waals surface area contributed by atoms with Gasteiger partial charge in [-0.15, -0.1) is 0 Å². The molecule has 2 unspecified atom stereocenters. The average Bonchev–Trinajstić information content (AvgIpc) is 3.50. The first-order valence-corrected chi connectivity index (χ1v) is 14.5. The summed E-state index contributed by atoms with van der Waals surface area (Å²) in [5.41, 5.74) is 0.0606. The van der Waals surface area contributed by atoms with E-state index in [1.807, 2.05) is 32.0 Å². The Kier molecular flexibility index (Phi) is 8.25. The molecule has 0 spiro atoms. The lowest BCUT2D eigenvalue weighted by Gasteiger charge is -2.35. The van der Waals surface area contributed by atoms with Gasteiger partial charge in [0.25, 0.3) is 10.1 Å². The molecule has 1 aliphatic rings. The molecule has 2 N–H and O–H groups in total. The minimum absolute atomic E-state index is 0.0385. The number of carboxylic acids is 1. The van der Waals surface area contributed by atoms with Crippen LogP contribution in [0, 0.1) is 11.8 Å². The fourth-order valence-electron chi connectivity index (χ4n) is 3.51. The Hall–Kier alpha value is -1.41. The smallest absolute Gasteiger partial charge is 0.344 e. The third kappa shape index (κ3) is 6.56. The molecule has 0 bridgehead atoms. The number of aliphatic carboxylic acids is 1. The SMILES string of the molecule is CC(C)c1cccc([C@H](C)C2CC2)c1OP(=O)(COS(C)(=O)=O)NC(C)(C(=O)O)C(C)C. The maximum absolute atomic E-state index is 14.0. The second-order valence-electron chi connectivity index (χ2n) is 9.54. The standard InChI is InChI=1S/C22H36NO7PS/c1-14(2)18-9-8-10-19(16(5)17-11-12-17)20(18)30-31(26,13-29-32(7,27)28)23-22(6,15(3)4)21(24)25/h8-10,14-17H,11-13H2,1-7H3,(H,23,26)(H,24,25)/t16-,22?,31?/m1/s1. The van der Waals surface area contributed by atoms with Gasteiger partial charge in [0.05, 0.1) is 6.26 Å². The van der Waals surface area contributed by atoms with Gasteiger partial charge in [-0.2, -0.15) is 8.42 Å². The van der Waals surface area contributed by atoms with Gasteiger partial charge in [-0.3, -0.25) is 13.5 Å². The number of rotatable bonds is 12. The van der Waals surface area contributed by atoms with E-state index in [4.69, 9.17) is 8.71 Å². The van der Waals surface area contributed by atoms with Gasteiger partial charge >= 0.3 is 13.5 Å². The molecule has 0 radical (unpaired) electrons. The zero-order chi connectivity index (χ0) is 24.5. The van der Waals surface area contributed by atoms with Gasteiger partial charge in [0, 0.05) is 0 Å². The highest BCUT2D eigenvalue weighted by atomic mass is 32.2. The third-order valence-corrected chi connectivity index (χ3v) is 8.67. The number of hydrogen-bond donors (Lipinski definition) is 2. The van der Waals surface area contributed by atoms with Gasteiger partial charge in [0.15, 0.2) is 6.35 Å². The van der Waals surface area contributed by atoms with E-state index in [1.165, 1.54) is 6.92 Å². The lowest BCUT2D eigenvalue weighted by molar-refractivity contribution is -0.145. The van der Waals surface area contributed by atoms with Crippen molar-refractivity contribution in [1.82, 2.24) is 5.09 Å². The number of benzene rings is 1. The van der Waals surface area contributed by atoms with E-state index in [0.29, 0.717) is 11.7 Å². The maximum atomic E-state index is 14.0. The van der Waals surface area contributed by atoms with Crippen molar-refractivity contribution in [2.24, 2.45) is 11.8 Å². The molecule has 0 aliphatic heterocycles. The number of carboxylic acid groups (broad SMARTS) is 1. The summed E-state index contributed by atoms with van der Waals surface area (Å²) in [6.07, 6.45) is 2.23. The molecule has 182 valence electrons. The predicted molar refractivity (Wildman–Crippen MR) is 125 cm³/mol. The number of carbonyl (C=O) groups is 1. The zero-order valence-corrected chi connectivity index (χ0v) is 21.6. The Morgan fingerprint density at radius 1 is 1.22 bits per heavy atom. The highest BCUT2D eigenvalue weighted by molar-refractivity contribution is 7.86. The van der Waals surface area contributed by atoms with Crippen LogP contribution < -0.4 is 9.61 Å².